The standard InChI is InChI=1S/C11H7ClF3N3O/c12-10-4-3-9(17-18-10)8-2-1-7(5-16-8)19-6-11(13,14)15/h1-5H,6H2. The van der Waals surface area contributed by atoms with Gasteiger partial charge in [0.1, 0.15) is 11.4 Å². The van der Waals surface area contributed by atoms with Crippen molar-refractivity contribution in [3.05, 3.63) is 35.6 Å². The van der Waals surface area contributed by atoms with E-state index >= 15 is 0 Å². The molecule has 2 aromatic rings. The second-order valence-corrected chi connectivity index (χ2v) is 3.91. The molecular weight excluding hydrogens is 283 g/mol. The monoisotopic (exact) mass is 289 g/mol. The largest absolute Gasteiger partial charge is 0.483 e. The van der Waals surface area contributed by atoms with Crippen LogP contribution in [0.2, 0.25) is 5.15 Å². The summed E-state index contributed by atoms with van der Waals surface area (Å²) in [6, 6.07) is 6.02. The Morgan fingerprint density at radius 2 is 1.79 bits per heavy atom. The molecule has 19 heavy (non-hydrogen) atoms. The van der Waals surface area contributed by atoms with Crippen LogP contribution in [0.3, 0.4) is 0 Å². The zero-order valence-electron chi connectivity index (χ0n) is 9.36. The van der Waals surface area contributed by atoms with Crippen LogP contribution in [0.1, 0.15) is 0 Å². The summed E-state index contributed by atoms with van der Waals surface area (Å²) in [4.78, 5) is 3.94. The van der Waals surface area contributed by atoms with Gasteiger partial charge < -0.3 is 4.74 Å². The summed E-state index contributed by atoms with van der Waals surface area (Å²) in [5, 5.41) is 7.68. The Morgan fingerprint density at radius 3 is 2.32 bits per heavy atom. The molecule has 8 heteroatoms. The summed E-state index contributed by atoms with van der Waals surface area (Å²) in [6.45, 7) is -1.35. The number of alkyl halides is 3. The van der Waals surface area contributed by atoms with Crippen LogP contribution in [0.4, 0.5) is 13.2 Å². The lowest BCUT2D eigenvalue weighted by Gasteiger charge is -2.08. The quantitative estimate of drug-likeness (QED) is 0.871. The lowest BCUT2D eigenvalue weighted by Crippen LogP contribution is -2.19. The van der Waals surface area contributed by atoms with E-state index in [1.54, 1.807) is 12.1 Å². The minimum atomic E-state index is -4.37. The number of hydrogen-bond donors (Lipinski definition) is 0. The molecule has 100 valence electrons. The molecule has 2 aromatic heterocycles. The number of aromatic nitrogens is 3. The Labute approximate surface area is 111 Å². The smallest absolute Gasteiger partial charge is 0.422 e. The third-order valence-corrected chi connectivity index (χ3v) is 2.23. The summed E-state index contributed by atoms with van der Waals surface area (Å²) in [6.07, 6.45) is -3.18. The van der Waals surface area contributed by atoms with Crippen molar-refractivity contribution in [3.8, 4) is 17.1 Å². The molecule has 0 N–H and O–H groups in total. The van der Waals surface area contributed by atoms with Gasteiger partial charge in [-0.05, 0) is 24.3 Å². The van der Waals surface area contributed by atoms with E-state index in [-0.39, 0.29) is 10.9 Å². The van der Waals surface area contributed by atoms with Crippen molar-refractivity contribution in [2.45, 2.75) is 6.18 Å². The molecule has 2 heterocycles. The van der Waals surface area contributed by atoms with Gasteiger partial charge in [0.2, 0.25) is 0 Å². The van der Waals surface area contributed by atoms with Gasteiger partial charge in [-0.25, -0.2) is 0 Å². The predicted molar refractivity (Wildman–Crippen MR) is 61.8 cm³/mol. The third-order valence-electron chi connectivity index (χ3n) is 2.03. The maximum absolute atomic E-state index is 11.9. The molecule has 0 spiro atoms. The van der Waals surface area contributed by atoms with Gasteiger partial charge in [-0.1, -0.05) is 11.6 Å². The highest BCUT2D eigenvalue weighted by molar-refractivity contribution is 6.29. The SMILES string of the molecule is FC(F)(F)COc1ccc(-c2ccc(Cl)nn2)nc1. The number of halogens is 4. The molecule has 0 atom stereocenters. The fourth-order valence-electron chi connectivity index (χ4n) is 1.23. The van der Waals surface area contributed by atoms with Gasteiger partial charge in [0.15, 0.2) is 11.8 Å². The summed E-state index contributed by atoms with van der Waals surface area (Å²) < 4.78 is 40.4. The van der Waals surface area contributed by atoms with Crippen LogP contribution < -0.4 is 4.74 Å². The zero-order valence-corrected chi connectivity index (χ0v) is 10.1. The topological polar surface area (TPSA) is 47.9 Å². The van der Waals surface area contributed by atoms with Crippen LogP contribution in [-0.2, 0) is 0 Å². The fraction of sp³-hybridized carbons (Fsp3) is 0.182. The molecule has 0 fully saturated rings. The summed E-state index contributed by atoms with van der Waals surface area (Å²) >= 11 is 5.59. The molecule has 4 nitrogen and oxygen atoms in total. The van der Waals surface area contributed by atoms with Crippen LogP contribution in [0.25, 0.3) is 11.4 Å². The molecular formula is C11H7ClF3N3O. The number of pyridine rings is 1. The van der Waals surface area contributed by atoms with E-state index in [1.165, 1.54) is 18.3 Å². The molecule has 2 rings (SSSR count). The molecule has 0 bridgehead atoms. The van der Waals surface area contributed by atoms with Gasteiger partial charge in [0.05, 0.1) is 11.9 Å². The minimum Gasteiger partial charge on any atom is -0.483 e. The van der Waals surface area contributed by atoms with Crippen molar-refractivity contribution in [1.82, 2.24) is 15.2 Å². The van der Waals surface area contributed by atoms with Crippen LogP contribution in [0, 0.1) is 0 Å². The van der Waals surface area contributed by atoms with Gasteiger partial charge in [-0.2, -0.15) is 13.2 Å². The Hall–Kier alpha value is -1.89. The van der Waals surface area contributed by atoms with Crippen molar-refractivity contribution in [3.63, 3.8) is 0 Å². The maximum atomic E-state index is 11.9. The van der Waals surface area contributed by atoms with Crippen molar-refractivity contribution < 1.29 is 17.9 Å². The summed E-state index contributed by atoms with van der Waals surface area (Å²) in [5.74, 6) is 0.0306. The first kappa shape index (κ1) is 13.5. The molecule has 0 radical (unpaired) electrons. The Morgan fingerprint density at radius 1 is 1.05 bits per heavy atom. The molecule has 0 saturated heterocycles. The first-order valence-corrected chi connectivity index (χ1v) is 5.47. The average molecular weight is 290 g/mol. The lowest BCUT2D eigenvalue weighted by atomic mass is 10.2. The number of nitrogens with zero attached hydrogens (tertiary/aromatic N) is 3. The highest BCUT2D eigenvalue weighted by atomic mass is 35.5. The number of ether oxygens (including phenoxy) is 1. The van der Waals surface area contributed by atoms with Gasteiger partial charge in [0.25, 0.3) is 0 Å². The van der Waals surface area contributed by atoms with E-state index in [9.17, 15) is 13.2 Å². The first-order chi connectivity index (χ1) is 8.94. The Bertz CT molecular complexity index is 543. The van der Waals surface area contributed by atoms with Gasteiger partial charge in [-0.3, -0.25) is 4.98 Å². The Balaban J connectivity index is 2.08. The van der Waals surface area contributed by atoms with Crippen LogP contribution >= 0.6 is 11.6 Å². The van der Waals surface area contributed by atoms with E-state index in [0.717, 1.165) is 0 Å². The second kappa shape index (κ2) is 5.40. The molecule has 0 unspecified atom stereocenters. The molecule has 0 aromatic carbocycles. The van der Waals surface area contributed by atoms with Crippen molar-refractivity contribution in [2.24, 2.45) is 0 Å². The van der Waals surface area contributed by atoms with Crippen molar-refractivity contribution in [1.29, 1.82) is 0 Å². The molecule has 0 saturated carbocycles. The maximum Gasteiger partial charge on any atom is 0.422 e. The minimum absolute atomic E-state index is 0.0306. The predicted octanol–water partition coefficient (Wildman–Crippen LogP) is 3.13. The number of hydrogen-bond acceptors (Lipinski definition) is 4. The number of rotatable bonds is 3. The fourth-order valence-corrected chi connectivity index (χ4v) is 1.34. The second-order valence-electron chi connectivity index (χ2n) is 3.52. The van der Waals surface area contributed by atoms with Gasteiger partial charge in [0, 0.05) is 0 Å². The molecule has 0 amide bonds. The zero-order chi connectivity index (χ0) is 13.9. The van der Waals surface area contributed by atoms with Crippen LogP contribution in [0.5, 0.6) is 5.75 Å². The third kappa shape index (κ3) is 4.06. The molecule has 0 aliphatic rings. The van der Waals surface area contributed by atoms with E-state index in [0.29, 0.717) is 11.4 Å². The lowest BCUT2D eigenvalue weighted by molar-refractivity contribution is -0.153. The van der Waals surface area contributed by atoms with Crippen molar-refractivity contribution >= 4 is 11.6 Å². The molecule has 0 aliphatic carbocycles. The van der Waals surface area contributed by atoms with E-state index in [1.807, 2.05) is 0 Å². The van der Waals surface area contributed by atoms with E-state index in [2.05, 4.69) is 19.9 Å². The first-order valence-electron chi connectivity index (χ1n) is 5.09. The van der Waals surface area contributed by atoms with Crippen molar-refractivity contribution in [2.75, 3.05) is 6.61 Å². The highest BCUT2D eigenvalue weighted by Crippen LogP contribution is 2.20. The van der Waals surface area contributed by atoms with Gasteiger partial charge in [-0.15, -0.1) is 10.2 Å². The van der Waals surface area contributed by atoms with E-state index in [4.69, 9.17) is 11.6 Å². The van der Waals surface area contributed by atoms with Gasteiger partial charge >= 0.3 is 6.18 Å². The van der Waals surface area contributed by atoms with E-state index < -0.39 is 12.8 Å². The normalized spacial score (nSPS) is 11.4. The highest BCUT2D eigenvalue weighted by Gasteiger charge is 2.28. The summed E-state index contributed by atoms with van der Waals surface area (Å²) in [7, 11) is 0. The van der Waals surface area contributed by atoms with Crippen LogP contribution in [-0.4, -0.2) is 28.0 Å². The summed E-state index contributed by atoms with van der Waals surface area (Å²) in [5.41, 5.74) is 0.926. The average Bonchev–Trinajstić information content (AvgIpc) is 2.37. The van der Waals surface area contributed by atoms with Crippen LogP contribution in [0.15, 0.2) is 30.5 Å². The Kier molecular flexibility index (Phi) is 3.84. The molecule has 0 aliphatic heterocycles.